The number of carbonyl (C=O) groups is 2. The highest BCUT2D eigenvalue weighted by atomic mass is 35.5. The van der Waals surface area contributed by atoms with Crippen molar-refractivity contribution >= 4 is 23.5 Å². The zero-order valence-corrected chi connectivity index (χ0v) is 13.4. The lowest BCUT2D eigenvalue weighted by molar-refractivity contribution is -0.143. The molecule has 122 valence electrons. The fraction of sp³-hybridized carbons (Fsp3) is 0.467. The van der Waals surface area contributed by atoms with E-state index in [-0.39, 0.29) is 16.7 Å². The second-order valence-electron chi connectivity index (χ2n) is 5.36. The van der Waals surface area contributed by atoms with E-state index in [2.05, 4.69) is 5.32 Å². The number of carboxylic acids is 1. The zero-order chi connectivity index (χ0) is 16.9. The number of hydrogen-bond acceptors (Lipinski definition) is 3. The third kappa shape index (κ3) is 5.52. The fourth-order valence-corrected chi connectivity index (χ4v) is 2.01. The summed E-state index contributed by atoms with van der Waals surface area (Å²) < 4.78 is 18.3. The summed E-state index contributed by atoms with van der Waals surface area (Å²) in [6, 6.07) is 2.55. The minimum atomic E-state index is -1.10. The number of hydrogen-bond donors (Lipinski definition) is 2. The molecule has 0 saturated heterocycles. The maximum atomic E-state index is 12.9. The Bertz CT molecular complexity index is 550. The van der Waals surface area contributed by atoms with Gasteiger partial charge in [0.25, 0.3) is 5.91 Å². The Labute approximate surface area is 133 Å². The predicted molar refractivity (Wildman–Crippen MR) is 80.5 cm³/mol. The number of aliphatic carboxylic acids is 1. The molecule has 5 nitrogen and oxygen atoms in total. The normalized spacial score (nSPS) is 13.5. The molecule has 1 aromatic carbocycles. The van der Waals surface area contributed by atoms with Crippen LogP contribution in [0, 0.1) is 11.7 Å². The molecule has 0 aliphatic heterocycles. The van der Waals surface area contributed by atoms with Gasteiger partial charge >= 0.3 is 5.97 Å². The first-order valence-corrected chi connectivity index (χ1v) is 7.23. The quantitative estimate of drug-likeness (QED) is 0.805. The molecular weight excluding hydrogens is 313 g/mol. The van der Waals surface area contributed by atoms with Gasteiger partial charge in [0.1, 0.15) is 17.6 Å². The van der Waals surface area contributed by atoms with Crippen molar-refractivity contribution < 1.29 is 23.8 Å². The number of rotatable bonds is 7. The van der Waals surface area contributed by atoms with Crippen LogP contribution in [-0.2, 0) is 9.59 Å². The minimum Gasteiger partial charge on any atom is -0.480 e. The summed E-state index contributed by atoms with van der Waals surface area (Å²) in [6.07, 6.45) is -0.651. The van der Waals surface area contributed by atoms with Crippen LogP contribution in [0.25, 0.3) is 0 Å². The Hall–Kier alpha value is -1.82. The molecule has 22 heavy (non-hydrogen) atoms. The van der Waals surface area contributed by atoms with Crippen molar-refractivity contribution in [2.45, 2.75) is 39.3 Å². The first-order valence-electron chi connectivity index (χ1n) is 6.85. The van der Waals surface area contributed by atoms with Gasteiger partial charge < -0.3 is 15.2 Å². The summed E-state index contributed by atoms with van der Waals surface area (Å²) in [4.78, 5) is 23.1. The number of nitrogens with one attached hydrogen (secondary N) is 1. The number of carbonyl (C=O) groups excluding carboxylic acids is 1. The van der Waals surface area contributed by atoms with Crippen molar-refractivity contribution in [2.24, 2.45) is 5.92 Å². The van der Waals surface area contributed by atoms with Crippen LogP contribution in [0.2, 0.25) is 5.02 Å². The molecule has 0 aliphatic carbocycles. The monoisotopic (exact) mass is 331 g/mol. The van der Waals surface area contributed by atoms with Crippen LogP contribution in [-0.4, -0.2) is 29.1 Å². The number of benzene rings is 1. The Kier molecular flexibility index (Phi) is 6.61. The van der Waals surface area contributed by atoms with Crippen LogP contribution in [0.4, 0.5) is 4.39 Å². The minimum absolute atomic E-state index is 0.0385. The van der Waals surface area contributed by atoms with Crippen LogP contribution in [0.3, 0.4) is 0 Å². The molecule has 0 fully saturated rings. The summed E-state index contributed by atoms with van der Waals surface area (Å²) in [5.74, 6) is -1.93. The standard InChI is InChI=1S/C15H19ClFNO4/c1-8(2)6-12(15(20)21)18-14(19)9(3)22-13-5-4-10(17)7-11(13)16/h4-5,7-9,12H,6H2,1-3H3,(H,18,19)(H,20,21)/t9?,12-/m1/s1. The SMILES string of the molecule is CC(C)C[C@@H](NC(=O)C(C)Oc1ccc(F)cc1Cl)C(=O)O. The molecule has 0 aliphatic rings. The van der Waals surface area contributed by atoms with Crippen LogP contribution in [0.15, 0.2) is 18.2 Å². The maximum Gasteiger partial charge on any atom is 0.326 e. The molecule has 1 unspecified atom stereocenters. The third-order valence-corrected chi connectivity index (χ3v) is 3.18. The molecule has 0 bridgehead atoms. The van der Waals surface area contributed by atoms with Gasteiger partial charge in [0.05, 0.1) is 5.02 Å². The molecule has 0 radical (unpaired) electrons. The molecular formula is C15H19ClFNO4. The molecule has 1 amide bonds. The van der Waals surface area contributed by atoms with E-state index >= 15 is 0 Å². The van der Waals surface area contributed by atoms with Gasteiger partial charge in [0, 0.05) is 0 Å². The van der Waals surface area contributed by atoms with Gasteiger partial charge in [-0.1, -0.05) is 25.4 Å². The van der Waals surface area contributed by atoms with Gasteiger partial charge in [-0.05, 0) is 37.5 Å². The Morgan fingerprint density at radius 1 is 1.36 bits per heavy atom. The summed E-state index contributed by atoms with van der Waals surface area (Å²) in [7, 11) is 0. The Balaban J connectivity index is 2.69. The van der Waals surface area contributed by atoms with Crippen molar-refractivity contribution in [2.75, 3.05) is 0 Å². The number of halogens is 2. The first kappa shape index (κ1) is 18.2. The summed E-state index contributed by atoms with van der Waals surface area (Å²) in [5, 5.41) is 11.6. The van der Waals surface area contributed by atoms with E-state index < -0.39 is 29.8 Å². The molecule has 0 heterocycles. The lowest BCUT2D eigenvalue weighted by Gasteiger charge is -2.20. The van der Waals surface area contributed by atoms with Crippen molar-refractivity contribution in [3.63, 3.8) is 0 Å². The molecule has 0 spiro atoms. The van der Waals surface area contributed by atoms with E-state index in [4.69, 9.17) is 21.4 Å². The maximum absolute atomic E-state index is 12.9. The first-order chi connectivity index (χ1) is 10.2. The van der Waals surface area contributed by atoms with Crippen LogP contribution < -0.4 is 10.1 Å². The number of carboxylic acid groups (broad SMARTS) is 1. The van der Waals surface area contributed by atoms with E-state index in [0.29, 0.717) is 6.42 Å². The van der Waals surface area contributed by atoms with Crippen molar-refractivity contribution in [1.82, 2.24) is 5.32 Å². The second kappa shape index (κ2) is 7.98. The average molecular weight is 332 g/mol. The fourth-order valence-electron chi connectivity index (χ4n) is 1.80. The highest BCUT2D eigenvalue weighted by molar-refractivity contribution is 6.32. The number of ether oxygens (including phenoxy) is 1. The predicted octanol–water partition coefficient (Wildman–Crippen LogP) is 2.86. The topological polar surface area (TPSA) is 75.6 Å². The number of amides is 1. The van der Waals surface area contributed by atoms with Gasteiger partial charge in [-0.25, -0.2) is 9.18 Å². The van der Waals surface area contributed by atoms with Gasteiger partial charge in [-0.3, -0.25) is 4.79 Å². The van der Waals surface area contributed by atoms with Gasteiger partial charge in [-0.15, -0.1) is 0 Å². The van der Waals surface area contributed by atoms with E-state index in [9.17, 15) is 14.0 Å². The van der Waals surface area contributed by atoms with Crippen molar-refractivity contribution in [1.29, 1.82) is 0 Å². The molecule has 0 saturated carbocycles. The lowest BCUT2D eigenvalue weighted by Crippen LogP contribution is -2.46. The highest BCUT2D eigenvalue weighted by Gasteiger charge is 2.25. The van der Waals surface area contributed by atoms with Crippen LogP contribution in [0.5, 0.6) is 5.75 Å². The molecule has 2 N–H and O–H groups in total. The highest BCUT2D eigenvalue weighted by Crippen LogP contribution is 2.25. The smallest absolute Gasteiger partial charge is 0.326 e. The second-order valence-corrected chi connectivity index (χ2v) is 5.77. The van der Waals surface area contributed by atoms with Gasteiger partial charge in [0.15, 0.2) is 6.10 Å². The molecule has 1 rings (SSSR count). The third-order valence-electron chi connectivity index (χ3n) is 2.89. The van der Waals surface area contributed by atoms with Crippen molar-refractivity contribution in [3.05, 3.63) is 29.0 Å². The van der Waals surface area contributed by atoms with Gasteiger partial charge in [0.2, 0.25) is 0 Å². The van der Waals surface area contributed by atoms with E-state index in [0.717, 1.165) is 12.1 Å². The van der Waals surface area contributed by atoms with Gasteiger partial charge in [-0.2, -0.15) is 0 Å². The Morgan fingerprint density at radius 2 is 2.00 bits per heavy atom. The lowest BCUT2D eigenvalue weighted by atomic mass is 10.0. The van der Waals surface area contributed by atoms with E-state index in [1.807, 2.05) is 13.8 Å². The molecule has 0 aromatic heterocycles. The van der Waals surface area contributed by atoms with Crippen LogP contribution >= 0.6 is 11.6 Å². The summed E-state index contributed by atoms with van der Waals surface area (Å²) in [5.41, 5.74) is 0. The Morgan fingerprint density at radius 3 is 2.50 bits per heavy atom. The average Bonchev–Trinajstić information content (AvgIpc) is 2.40. The largest absolute Gasteiger partial charge is 0.480 e. The molecule has 1 aromatic rings. The van der Waals surface area contributed by atoms with Crippen LogP contribution in [0.1, 0.15) is 27.2 Å². The molecule has 2 atom stereocenters. The molecule has 7 heteroatoms. The summed E-state index contributed by atoms with van der Waals surface area (Å²) in [6.45, 7) is 5.18. The summed E-state index contributed by atoms with van der Waals surface area (Å²) >= 11 is 5.81. The van der Waals surface area contributed by atoms with E-state index in [1.54, 1.807) is 0 Å². The zero-order valence-electron chi connectivity index (χ0n) is 12.6. The van der Waals surface area contributed by atoms with E-state index in [1.165, 1.54) is 13.0 Å². The van der Waals surface area contributed by atoms with Crippen molar-refractivity contribution in [3.8, 4) is 5.75 Å².